The van der Waals surface area contributed by atoms with Gasteiger partial charge >= 0.3 is 29.6 Å². The molecule has 0 heterocycles. The van der Waals surface area contributed by atoms with Crippen LogP contribution in [0.2, 0.25) is 0 Å². The van der Waals surface area contributed by atoms with Gasteiger partial charge < -0.3 is 4.55 Å². The largest absolute Gasteiger partial charge is 1.00 e. The molecule has 204 valence electrons. The Bertz CT molecular complexity index is 537. The fourth-order valence-electron chi connectivity index (χ4n) is 4.51. The molecule has 0 bridgehead atoms. The van der Waals surface area contributed by atoms with Gasteiger partial charge in [0.05, 0.1) is 6.61 Å². The predicted molar refractivity (Wildman–Crippen MR) is 146 cm³/mol. The third-order valence-electron chi connectivity index (χ3n) is 6.74. The van der Waals surface area contributed by atoms with Crippen molar-refractivity contribution < 1.29 is 46.7 Å². The van der Waals surface area contributed by atoms with Crippen molar-refractivity contribution in [3.63, 3.8) is 0 Å². The van der Waals surface area contributed by atoms with Gasteiger partial charge in [-0.2, -0.15) is 0 Å². The van der Waals surface area contributed by atoms with Crippen molar-refractivity contribution in [1.29, 1.82) is 0 Å². The monoisotopic (exact) mass is 524 g/mol. The molecule has 6 heteroatoms. The first-order valence-corrected chi connectivity index (χ1v) is 16.1. The Labute approximate surface area is 242 Å². The van der Waals surface area contributed by atoms with Crippen LogP contribution >= 0.6 is 0 Å². The van der Waals surface area contributed by atoms with E-state index in [2.05, 4.69) is 30.2 Å². The average Bonchev–Trinajstić information content (AvgIpc) is 2.80. The maximum atomic E-state index is 10.8. The molecule has 35 heavy (non-hydrogen) atoms. The molecule has 0 fully saturated rings. The molecule has 0 aromatic carbocycles. The Balaban J connectivity index is 0. The maximum absolute atomic E-state index is 10.8. The molecule has 1 atom stereocenters. The van der Waals surface area contributed by atoms with Crippen LogP contribution < -0.4 is 29.6 Å². The molecule has 0 amide bonds. The summed E-state index contributed by atoms with van der Waals surface area (Å²) in [6, 6.07) is 0. The molecule has 0 saturated carbocycles. The van der Waals surface area contributed by atoms with Gasteiger partial charge in [-0.25, -0.2) is 8.42 Å². The Kier molecular flexibility index (Phi) is 31.5. The second-order valence-electron chi connectivity index (χ2n) is 10.2. The van der Waals surface area contributed by atoms with E-state index in [0.717, 1.165) is 25.7 Å². The van der Waals surface area contributed by atoms with Crippen LogP contribution in [-0.2, 0) is 14.6 Å². The first-order valence-electron chi connectivity index (χ1n) is 14.8. The van der Waals surface area contributed by atoms with Crippen molar-refractivity contribution in [2.75, 3.05) is 6.61 Å². The molecule has 0 N–H and O–H groups in total. The van der Waals surface area contributed by atoms with Crippen molar-refractivity contribution in [2.24, 2.45) is 5.92 Å². The smallest absolute Gasteiger partial charge is 0.726 e. The molecule has 0 saturated heterocycles. The third kappa shape index (κ3) is 32.6. The first kappa shape index (κ1) is 37.8. The normalized spacial score (nSPS) is 12.8. The van der Waals surface area contributed by atoms with Gasteiger partial charge in [0.1, 0.15) is 0 Å². The zero-order chi connectivity index (χ0) is 25.2. The van der Waals surface area contributed by atoms with Crippen molar-refractivity contribution in [2.45, 2.75) is 162 Å². The van der Waals surface area contributed by atoms with Crippen LogP contribution in [0.15, 0.2) is 12.2 Å². The number of rotatable bonds is 27. The van der Waals surface area contributed by atoms with Crippen LogP contribution in [0, 0.1) is 5.92 Å². The summed E-state index contributed by atoms with van der Waals surface area (Å²) in [6.07, 6.45) is 33.8. The van der Waals surface area contributed by atoms with Crippen molar-refractivity contribution in [3.05, 3.63) is 12.2 Å². The summed E-state index contributed by atoms with van der Waals surface area (Å²) in [5.74, 6) is 0.0195. The zero-order valence-corrected chi connectivity index (χ0v) is 26.6. The SMILES string of the molecule is CCCCCCCCCCCCCCCC/C=C/C(CCCCCCCCC)COS(=O)(=O)[O-].[Na+]. The quantitative estimate of drug-likeness (QED) is 0.0397. The molecule has 0 radical (unpaired) electrons. The molecule has 4 nitrogen and oxygen atoms in total. The van der Waals surface area contributed by atoms with Crippen molar-refractivity contribution >= 4 is 10.4 Å². The summed E-state index contributed by atoms with van der Waals surface area (Å²) in [5.41, 5.74) is 0. The van der Waals surface area contributed by atoms with Crippen LogP contribution in [-0.4, -0.2) is 19.6 Å². The van der Waals surface area contributed by atoms with E-state index in [-0.39, 0.29) is 42.1 Å². The summed E-state index contributed by atoms with van der Waals surface area (Å²) in [7, 11) is -4.61. The Morgan fingerprint density at radius 2 is 1.00 bits per heavy atom. The van der Waals surface area contributed by atoms with Crippen LogP contribution in [0.4, 0.5) is 0 Å². The van der Waals surface area contributed by atoms with Crippen molar-refractivity contribution in [3.8, 4) is 0 Å². The van der Waals surface area contributed by atoms with Crippen LogP contribution in [0.1, 0.15) is 162 Å². The van der Waals surface area contributed by atoms with Gasteiger partial charge in [0, 0.05) is 5.92 Å². The van der Waals surface area contributed by atoms with E-state index in [1.54, 1.807) is 0 Å². The number of unbranched alkanes of at least 4 members (excludes halogenated alkanes) is 20. The van der Waals surface area contributed by atoms with E-state index in [4.69, 9.17) is 0 Å². The van der Waals surface area contributed by atoms with E-state index in [9.17, 15) is 13.0 Å². The van der Waals surface area contributed by atoms with Gasteiger partial charge in [-0.05, 0) is 19.3 Å². The van der Waals surface area contributed by atoms with Gasteiger partial charge in [0.2, 0.25) is 10.4 Å². The minimum absolute atomic E-state index is 0. The fourth-order valence-corrected chi connectivity index (χ4v) is 4.86. The Morgan fingerprint density at radius 3 is 1.40 bits per heavy atom. The molecule has 0 aliphatic rings. The van der Waals surface area contributed by atoms with Gasteiger partial charge in [0.15, 0.2) is 0 Å². The molecule has 1 unspecified atom stereocenters. The van der Waals surface area contributed by atoms with Crippen LogP contribution in [0.25, 0.3) is 0 Å². The van der Waals surface area contributed by atoms with E-state index < -0.39 is 10.4 Å². The van der Waals surface area contributed by atoms with E-state index in [1.807, 2.05) is 0 Å². The number of hydrogen-bond acceptors (Lipinski definition) is 4. The summed E-state index contributed by atoms with van der Waals surface area (Å²) >= 11 is 0. The van der Waals surface area contributed by atoms with E-state index in [1.165, 1.54) is 122 Å². The van der Waals surface area contributed by atoms with Gasteiger partial charge in [-0.1, -0.05) is 154 Å². The number of hydrogen-bond donors (Lipinski definition) is 0. The summed E-state index contributed by atoms with van der Waals surface area (Å²) < 4.78 is 37.0. The van der Waals surface area contributed by atoms with Gasteiger partial charge in [-0.15, -0.1) is 0 Å². The van der Waals surface area contributed by atoms with Gasteiger partial charge in [-0.3, -0.25) is 4.18 Å². The molecule has 0 rings (SSSR count). The molecule has 0 aliphatic heterocycles. The topological polar surface area (TPSA) is 66.4 Å². The molecule has 0 aromatic rings. The fraction of sp³-hybridized carbons (Fsp3) is 0.931. The number of allylic oxidation sites excluding steroid dienone is 1. The van der Waals surface area contributed by atoms with E-state index in [0.29, 0.717) is 0 Å². The zero-order valence-electron chi connectivity index (χ0n) is 23.7. The predicted octanol–water partition coefficient (Wildman–Crippen LogP) is 6.65. The maximum Gasteiger partial charge on any atom is 1.00 e. The summed E-state index contributed by atoms with van der Waals surface area (Å²) in [5, 5.41) is 0. The average molecular weight is 525 g/mol. The molecule has 0 aliphatic carbocycles. The van der Waals surface area contributed by atoms with Gasteiger partial charge in [0.25, 0.3) is 0 Å². The summed E-state index contributed by atoms with van der Waals surface area (Å²) in [6.45, 7) is 4.48. The standard InChI is InChI=1S/C29H58O4S.Na/c1-3-5-7-9-11-12-13-14-15-16-17-18-19-21-23-25-27-29(28-33-34(30,31)32)26-24-22-20-10-8-6-4-2;/h25,27,29H,3-24,26,28H2,1-2H3,(H,30,31,32);/q;+1/p-1/b27-25+;. The third-order valence-corrected chi connectivity index (χ3v) is 7.16. The van der Waals surface area contributed by atoms with Crippen molar-refractivity contribution in [1.82, 2.24) is 0 Å². The summed E-state index contributed by atoms with van der Waals surface area (Å²) in [4.78, 5) is 0. The Hall–Kier alpha value is 0.610. The second-order valence-corrected chi connectivity index (χ2v) is 11.2. The molecule has 0 spiro atoms. The molecule has 0 aromatic heterocycles. The van der Waals surface area contributed by atoms with Crippen LogP contribution in [0.3, 0.4) is 0 Å². The second kappa shape index (κ2) is 29.2. The minimum Gasteiger partial charge on any atom is -0.726 e. The first-order chi connectivity index (χ1) is 16.5. The van der Waals surface area contributed by atoms with E-state index >= 15 is 0 Å². The van der Waals surface area contributed by atoms with Crippen LogP contribution in [0.5, 0.6) is 0 Å². The Morgan fingerprint density at radius 1 is 0.629 bits per heavy atom. The minimum atomic E-state index is -4.61. The molecular formula is C29H57NaO4S. The molecular weight excluding hydrogens is 467 g/mol.